The molecule has 3 fully saturated rings. The molecule has 3 heterocycles. The van der Waals surface area contributed by atoms with Gasteiger partial charge in [-0.25, -0.2) is 0 Å². The van der Waals surface area contributed by atoms with Crippen LogP contribution in [0.5, 0.6) is 0 Å². The number of piperazine rings is 1. The number of likely N-dealkylation sites (tertiary alicyclic amines) is 1. The molecule has 0 amide bonds. The lowest BCUT2D eigenvalue weighted by atomic mass is 9.91. The summed E-state index contributed by atoms with van der Waals surface area (Å²) in [7, 11) is 0. The lowest BCUT2D eigenvalue weighted by molar-refractivity contribution is 0.114. The highest BCUT2D eigenvalue weighted by molar-refractivity contribution is 5.83. The molecule has 4 heteroatoms. The molecule has 26 heavy (non-hydrogen) atoms. The minimum atomic E-state index is 0.875. The van der Waals surface area contributed by atoms with Crippen molar-refractivity contribution in [1.29, 1.82) is 0 Å². The van der Waals surface area contributed by atoms with E-state index in [0.29, 0.717) is 0 Å². The van der Waals surface area contributed by atoms with Gasteiger partial charge in [0.15, 0.2) is 0 Å². The summed E-state index contributed by atoms with van der Waals surface area (Å²) in [6.45, 7) is 8.27. The monoisotopic (exact) mass is 351 g/mol. The largest absolute Gasteiger partial charge is 0.310 e. The lowest BCUT2D eigenvalue weighted by Crippen LogP contribution is -2.55. The molecule has 0 N–H and O–H groups in total. The molecule has 1 aromatic heterocycles. The molecule has 2 aromatic rings. The van der Waals surface area contributed by atoms with Gasteiger partial charge in [-0.2, -0.15) is 0 Å². The normalized spacial score (nSPS) is 23.5. The van der Waals surface area contributed by atoms with Crippen LogP contribution in [-0.2, 0) is 6.54 Å². The zero-order valence-corrected chi connectivity index (χ0v) is 15.9. The number of rotatable bonds is 4. The summed E-state index contributed by atoms with van der Waals surface area (Å²) in [6.07, 6.45) is 10.8. The minimum absolute atomic E-state index is 0.875. The van der Waals surface area contributed by atoms with Crippen molar-refractivity contribution in [2.45, 2.75) is 51.1 Å². The van der Waals surface area contributed by atoms with Crippen molar-refractivity contribution < 1.29 is 0 Å². The van der Waals surface area contributed by atoms with Gasteiger partial charge in [0.1, 0.15) is 0 Å². The highest BCUT2D eigenvalue weighted by Crippen LogP contribution is 2.27. The Kier molecular flexibility index (Phi) is 4.63. The number of para-hydroxylation sites is 1. The first-order valence-corrected chi connectivity index (χ1v) is 10.6. The quantitative estimate of drug-likeness (QED) is 0.840. The molecule has 1 aromatic carbocycles. The van der Waals surface area contributed by atoms with E-state index in [1.165, 1.54) is 81.2 Å². The van der Waals surface area contributed by atoms with Gasteiger partial charge < -0.3 is 5.01 Å². The van der Waals surface area contributed by atoms with Crippen LogP contribution in [0, 0.1) is 6.07 Å². The predicted molar refractivity (Wildman–Crippen MR) is 107 cm³/mol. The topological polar surface area (TPSA) is 14.7 Å². The summed E-state index contributed by atoms with van der Waals surface area (Å²) in [6, 6.07) is 10.9. The van der Waals surface area contributed by atoms with E-state index in [1.54, 1.807) is 0 Å². The third-order valence-corrected chi connectivity index (χ3v) is 6.72. The van der Waals surface area contributed by atoms with Gasteiger partial charge in [-0.15, -0.1) is 0 Å². The summed E-state index contributed by atoms with van der Waals surface area (Å²) in [4.78, 5) is 5.34. The summed E-state index contributed by atoms with van der Waals surface area (Å²) < 4.78 is 2.41. The number of benzene rings is 1. The Morgan fingerprint density at radius 1 is 0.923 bits per heavy atom. The Bertz CT molecular complexity index is 734. The fourth-order valence-electron chi connectivity index (χ4n) is 4.91. The average molecular weight is 352 g/mol. The first-order valence-electron chi connectivity index (χ1n) is 10.6. The summed E-state index contributed by atoms with van der Waals surface area (Å²) >= 11 is 0. The average Bonchev–Trinajstić information content (AvgIpc) is 3.01. The van der Waals surface area contributed by atoms with Crippen molar-refractivity contribution in [3.63, 3.8) is 0 Å². The van der Waals surface area contributed by atoms with E-state index in [9.17, 15) is 0 Å². The summed E-state index contributed by atoms with van der Waals surface area (Å²) in [5.74, 6) is 0. The van der Waals surface area contributed by atoms with Crippen molar-refractivity contribution in [3.8, 4) is 0 Å². The number of hydrogen-bond donors (Lipinski definition) is 0. The maximum atomic E-state index is 3.52. The predicted octanol–water partition coefficient (Wildman–Crippen LogP) is 3.23. The molecule has 5 rings (SSSR count). The SMILES string of the molecule is [c]1cccc2c(CN3CCCCC3)cn(N3CCN(C4CCC4)CC3)c12. The number of fused-ring (bicyclic) bond motifs is 1. The van der Waals surface area contributed by atoms with Gasteiger partial charge in [0, 0.05) is 56.4 Å². The second kappa shape index (κ2) is 7.24. The fourth-order valence-corrected chi connectivity index (χ4v) is 4.91. The molecule has 1 radical (unpaired) electrons. The molecular formula is C22H31N4. The first-order chi connectivity index (χ1) is 12.9. The van der Waals surface area contributed by atoms with E-state index >= 15 is 0 Å². The molecule has 139 valence electrons. The van der Waals surface area contributed by atoms with Gasteiger partial charge in [0.05, 0.1) is 5.52 Å². The summed E-state index contributed by atoms with van der Waals surface area (Å²) in [5, 5.41) is 3.92. The second-order valence-corrected chi connectivity index (χ2v) is 8.34. The van der Waals surface area contributed by atoms with Crippen LogP contribution in [0.25, 0.3) is 10.9 Å². The van der Waals surface area contributed by atoms with E-state index in [4.69, 9.17) is 0 Å². The van der Waals surface area contributed by atoms with Crippen LogP contribution in [0.4, 0.5) is 0 Å². The molecule has 2 aliphatic heterocycles. The van der Waals surface area contributed by atoms with Crippen LogP contribution < -0.4 is 5.01 Å². The minimum Gasteiger partial charge on any atom is -0.310 e. The van der Waals surface area contributed by atoms with Crippen LogP contribution >= 0.6 is 0 Å². The van der Waals surface area contributed by atoms with Crippen molar-refractivity contribution in [1.82, 2.24) is 14.5 Å². The van der Waals surface area contributed by atoms with Gasteiger partial charge >= 0.3 is 0 Å². The van der Waals surface area contributed by atoms with Gasteiger partial charge in [-0.3, -0.25) is 14.5 Å². The van der Waals surface area contributed by atoms with Crippen molar-refractivity contribution >= 4 is 10.9 Å². The molecule has 0 atom stereocenters. The molecule has 3 aliphatic rings. The van der Waals surface area contributed by atoms with Crippen molar-refractivity contribution in [2.75, 3.05) is 44.3 Å². The Morgan fingerprint density at radius 2 is 1.73 bits per heavy atom. The number of aromatic nitrogens is 1. The third-order valence-electron chi connectivity index (χ3n) is 6.72. The smallest absolute Gasteiger partial charge is 0.0777 e. The van der Waals surface area contributed by atoms with Crippen LogP contribution in [0.1, 0.15) is 44.1 Å². The highest BCUT2D eigenvalue weighted by atomic mass is 15.6. The zero-order valence-electron chi connectivity index (χ0n) is 15.9. The molecule has 1 saturated carbocycles. The van der Waals surface area contributed by atoms with E-state index < -0.39 is 0 Å². The maximum Gasteiger partial charge on any atom is 0.0777 e. The van der Waals surface area contributed by atoms with Crippen LogP contribution in [-0.4, -0.2) is 59.8 Å². The Hall–Kier alpha value is -1.52. The van der Waals surface area contributed by atoms with Gasteiger partial charge in [0.25, 0.3) is 0 Å². The fraction of sp³-hybridized carbons (Fsp3) is 0.636. The second-order valence-electron chi connectivity index (χ2n) is 8.34. The van der Waals surface area contributed by atoms with Crippen molar-refractivity contribution in [2.24, 2.45) is 0 Å². The summed E-state index contributed by atoms with van der Waals surface area (Å²) in [5.41, 5.74) is 2.73. The van der Waals surface area contributed by atoms with E-state index in [1.807, 2.05) is 0 Å². The number of nitrogens with zero attached hydrogens (tertiary/aromatic N) is 4. The molecule has 0 bridgehead atoms. The van der Waals surface area contributed by atoms with Gasteiger partial charge in [0.2, 0.25) is 0 Å². The molecule has 1 aliphatic carbocycles. The molecule has 0 spiro atoms. The first kappa shape index (κ1) is 16.6. The highest BCUT2D eigenvalue weighted by Gasteiger charge is 2.28. The van der Waals surface area contributed by atoms with Gasteiger partial charge in [-0.1, -0.05) is 31.0 Å². The van der Waals surface area contributed by atoms with E-state index in [2.05, 4.69) is 49.9 Å². The standard InChI is InChI=1S/C22H31N4/c1-4-11-23(12-5-1)17-19-18-26(22-10-3-2-9-21(19)22)25-15-13-24(14-16-25)20-7-6-8-20/h2-3,9,18,20H,1,4-8,11-17H2. The van der Waals surface area contributed by atoms with Crippen molar-refractivity contribution in [3.05, 3.63) is 36.0 Å². The van der Waals surface area contributed by atoms with Gasteiger partial charge in [-0.05, 0) is 44.3 Å². The number of hydrogen-bond acceptors (Lipinski definition) is 3. The number of piperidine rings is 1. The molecule has 2 saturated heterocycles. The Balaban J connectivity index is 1.36. The third kappa shape index (κ3) is 3.14. The van der Waals surface area contributed by atoms with E-state index in [-0.39, 0.29) is 0 Å². The van der Waals surface area contributed by atoms with Crippen LogP contribution in [0.15, 0.2) is 24.4 Å². The zero-order chi connectivity index (χ0) is 17.3. The molecule has 4 nitrogen and oxygen atoms in total. The maximum absolute atomic E-state index is 3.52. The molecule has 0 unspecified atom stereocenters. The van der Waals surface area contributed by atoms with Crippen LogP contribution in [0.2, 0.25) is 0 Å². The Morgan fingerprint density at radius 3 is 2.46 bits per heavy atom. The Labute approximate surface area is 157 Å². The van der Waals surface area contributed by atoms with E-state index in [0.717, 1.165) is 25.7 Å². The molecular weight excluding hydrogens is 320 g/mol. The lowest BCUT2D eigenvalue weighted by Gasteiger charge is -2.43. The van der Waals surface area contributed by atoms with Crippen LogP contribution in [0.3, 0.4) is 0 Å².